The van der Waals surface area contributed by atoms with Crippen molar-refractivity contribution < 1.29 is 8.78 Å². The summed E-state index contributed by atoms with van der Waals surface area (Å²) in [5.41, 5.74) is 1.82. The minimum absolute atomic E-state index is 0.155. The highest BCUT2D eigenvalue weighted by molar-refractivity contribution is 5.41. The van der Waals surface area contributed by atoms with Crippen LogP contribution in [0.1, 0.15) is 12.5 Å². The van der Waals surface area contributed by atoms with Crippen LogP contribution in [0.3, 0.4) is 0 Å². The summed E-state index contributed by atoms with van der Waals surface area (Å²) in [5.74, 6) is -0.728. The number of nitrogens with zero attached hydrogens (tertiary/aromatic N) is 1. The molecule has 94 valence electrons. The zero-order chi connectivity index (χ0) is 13.0. The molecule has 0 aliphatic heterocycles. The van der Waals surface area contributed by atoms with Gasteiger partial charge in [0, 0.05) is 6.04 Å². The van der Waals surface area contributed by atoms with Crippen LogP contribution in [-0.4, -0.2) is 11.0 Å². The summed E-state index contributed by atoms with van der Waals surface area (Å²) in [6, 6.07) is 9.52. The van der Waals surface area contributed by atoms with Gasteiger partial charge >= 0.3 is 0 Å². The molecule has 1 N–H and O–H groups in total. The zero-order valence-electron chi connectivity index (χ0n) is 10.0. The van der Waals surface area contributed by atoms with Crippen molar-refractivity contribution in [2.75, 3.05) is 5.32 Å². The van der Waals surface area contributed by atoms with Crippen LogP contribution in [0.5, 0.6) is 0 Å². The first kappa shape index (κ1) is 12.5. The van der Waals surface area contributed by atoms with Crippen molar-refractivity contribution in [2.45, 2.75) is 19.4 Å². The molecule has 1 aromatic heterocycles. The fraction of sp³-hybridized carbons (Fsp3) is 0.214. The molecule has 0 radical (unpaired) electrons. The molecule has 1 unspecified atom stereocenters. The van der Waals surface area contributed by atoms with E-state index in [1.165, 1.54) is 24.4 Å². The predicted octanol–water partition coefficient (Wildman–Crippen LogP) is 3.40. The van der Waals surface area contributed by atoms with E-state index < -0.39 is 5.95 Å². The molecule has 0 amide bonds. The van der Waals surface area contributed by atoms with Gasteiger partial charge in [0.25, 0.3) is 0 Å². The number of pyridine rings is 1. The van der Waals surface area contributed by atoms with Crippen LogP contribution in [0.2, 0.25) is 0 Å². The van der Waals surface area contributed by atoms with Crippen LogP contribution < -0.4 is 5.32 Å². The minimum Gasteiger partial charge on any atom is -0.381 e. The number of benzene rings is 1. The van der Waals surface area contributed by atoms with Gasteiger partial charge in [0.2, 0.25) is 5.95 Å². The Morgan fingerprint density at radius 2 is 1.83 bits per heavy atom. The van der Waals surface area contributed by atoms with Crippen molar-refractivity contribution in [3.8, 4) is 0 Å². The van der Waals surface area contributed by atoms with E-state index in [1.807, 2.05) is 6.92 Å². The number of hydrogen-bond donors (Lipinski definition) is 1. The van der Waals surface area contributed by atoms with Gasteiger partial charge in [-0.05, 0) is 43.2 Å². The number of aromatic nitrogens is 1. The predicted molar refractivity (Wildman–Crippen MR) is 67.4 cm³/mol. The van der Waals surface area contributed by atoms with Gasteiger partial charge in [-0.1, -0.05) is 12.1 Å². The smallest absolute Gasteiger partial charge is 0.212 e. The first-order valence-electron chi connectivity index (χ1n) is 5.76. The lowest BCUT2D eigenvalue weighted by Gasteiger charge is -2.15. The number of anilines is 1. The largest absolute Gasteiger partial charge is 0.381 e. The van der Waals surface area contributed by atoms with Gasteiger partial charge < -0.3 is 5.32 Å². The highest BCUT2D eigenvalue weighted by Crippen LogP contribution is 2.11. The normalized spacial score (nSPS) is 12.2. The van der Waals surface area contributed by atoms with Gasteiger partial charge in [-0.15, -0.1) is 0 Å². The Morgan fingerprint density at radius 3 is 2.44 bits per heavy atom. The van der Waals surface area contributed by atoms with Gasteiger partial charge in [0.05, 0.1) is 11.9 Å². The lowest BCUT2D eigenvalue weighted by Crippen LogP contribution is -2.18. The third-order valence-electron chi connectivity index (χ3n) is 2.60. The molecule has 0 saturated carbocycles. The molecule has 0 fully saturated rings. The maximum absolute atomic E-state index is 12.7. The summed E-state index contributed by atoms with van der Waals surface area (Å²) in [5, 5.41) is 3.21. The van der Waals surface area contributed by atoms with Crippen LogP contribution in [0.15, 0.2) is 42.6 Å². The molecule has 0 bridgehead atoms. The molecule has 0 aliphatic rings. The second-order valence-corrected chi connectivity index (χ2v) is 4.25. The van der Waals surface area contributed by atoms with Crippen LogP contribution in [-0.2, 0) is 6.42 Å². The van der Waals surface area contributed by atoms with Crippen molar-refractivity contribution in [1.29, 1.82) is 0 Å². The first-order chi connectivity index (χ1) is 8.63. The summed E-state index contributed by atoms with van der Waals surface area (Å²) in [7, 11) is 0. The zero-order valence-corrected chi connectivity index (χ0v) is 10.0. The monoisotopic (exact) mass is 248 g/mol. The molecule has 2 rings (SSSR count). The topological polar surface area (TPSA) is 24.9 Å². The number of hydrogen-bond acceptors (Lipinski definition) is 2. The minimum atomic E-state index is -0.494. The van der Waals surface area contributed by atoms with Crippen molar-refractivity contribution in [1.82, 2.24) is 4.98 Å². The van der Waals surface area contributed by atoms with E-state index in [1.54, 1.807) is 18.2 Å². The average Bonchev–Trinajstić information content (AvgIpc) is 2.35. The van der Waals surface area contributed by atoms with E-state index in [0.29, 0.717) is 0 Å². The Labute approximate surface area is 105 Å². The first-order valence-corrected chi connectivity index (χ1v) is 5.76. The molecule has 0 aliphatic carbocycles. The van der Waals surface area contributed by atoms with Crippen LogP contribution in [0, 0.1) is 11.8 Å². The van der Waals surface area contributed by atoms with Gasteiger partial charge in [-0.3, -0.25) is 0 Å². The van der Waals surface area contributed by atoms with E-state index in [4.69, 9.17) is 0 Å². The molecule has 2 aromatic rings. The lowest BCUT2D eigenvalue weighted by atomic mass is 10.1. The van der Waals surface area contributed by atoms with E-state index >= 15 is 0 Å². The molecular formula is C14H14F2N2. The maximum atomic E-state index is 12.7. The SMILES string of the molecule is CC(Cc1ccc(F)cc1)Nc1ccc(F)nc1. The second kappa shape index (κ2) is 5.58. The summed E-state index contributed by atoms with van der Waals surface area (Å²) in [4.78, 5) is 3.57. The second-order valence-electron chi connectivity index (χ2n) is 4.25. The Bertz CT molecular complexity index is 447. The summed E-state index contributed by atoms with van der Waals surface area (Å²) in [6.07, 6.45) is 2.22. The fourth-order valence-corrected chi connectivity index (χ4v) is 1.77. The van der Waals surface area contributed by atoms with Crippen LogP contribution in [0.25, 0.3) is 0 Å². The van der Waals surface area contributed by atoms with E-state index in [-0.39, 0.29) is 11.9 Å². The molecule has 1 heterocycles. The van der Waals surface area contributed by atoms with Crippen LogP contribution >= 0.6 is 0 Å². The Hall–Kier alpha value is -1.97. The molecule has 4 heteroatoms. The summed E-state index contributed by atoms with van der Waals surface area (Å²) in [6.45, 7) is 2.01. The molecule has 2 nitrogen and oxygen atoms in total. The Balaban J connectivity index is 1.94. The third kappa shape index (κ3) is 3.52. The molecule has 0 spiro atoms. The van der Waals surface area contributed by atoms with Crippen molar-refractivity contribution >= 4 is 5.69 Å². The molecule has 1 aromatic carbocycles. The third-order valence-corrected chi connectivity index (χ3v) is 2.60. The van der Waals surface area contributed by atoms with Gasteiger partial charge in [0.1, 0.15) is 5.82 Å². The van der Waals surface area contributed by atoms with E-state index in [2.05, 4.69) is 10.3 Å². The molecule has 18 heavy (non-hydrogen) atoms. The average molecular weight is 248 g/mol. The molecule has 1 atom stereocenters. The lowest BCUT2D eigenvalue weighted by molar-refractivity contribution is 0.584. The highest BCUT2D eigenvalue weighted by Gasteiger charge is 2.04. The molecule has 0 saturated heterocycles. The quantitative estimate of drug-likeness (QED) is 0.839. The fourth-order valence-electron chi connectivity index (χ4n) is 1.77. The highest BCUT2D eigenvalue weighted by atomic mass is 19.1. The maximum Gasteiger partial charge on any atom is 0.212 e. The van der Waals surface area contributed by atoms with Gasteiger partial charge in [0.15, 0.2) is 0 Å². The van der Waals surface area contributed by atoms with Crippen molar-refractivity contribution in [2.24, 2.45) is 0 Å². The molecular weight excluding hydrogens is 234 g/mol. The summed E-state index contributed by atoms with van der Waals surface area (Å²) >= 11 is 0. The number of nitrogens with one attached hydrogen (secondary N) is 1. The van der Waals surface area contributed by atoms with Crippen LogP contribution in [0.4, 0.5) is 14.5 Å². The Morgan fingerprint density at radius 1 is 1.11 bits per heavy atom. The van der Waals surface area contributed by atoms with E-state index in [0.717, 1.165) is 17.7 Å². The van der Waals surface area contributed by atoms with E-state index in [9.17, 15) is 8.78 Å². The van der Waals surface area contributed by atoms with Crippen molar-refractivity contribution in [3.63, 3.8) is 0 Å². The standard InChI is InChI=1S/C14H14F2N2/c1-10(8-11-2-4-12(15)5-3-11)18-13-6-7-14(16)17-9-13/h2-7,9-10,18H,8H2,1H3. The number of halogens is 2. The summed E-state index contributed by atoms with van der Waals surface area (Å²) < 4.78 is 25.4. The van der Waals surface area contributed by atoms with Gasteiger partial charge in [-0.25, -0.2) is 9.37 Å². The Kier molecular flexibility index (Phi) is 3.87. The van der Waals surface area contributed by atoms with Crippen molar-refractivity contribution in [3.05, 3.63) is 59.9 Å². The number of rotatable bonds is 4. The van der Waals surface area contributed by atoms with Gasteiger partial charge in [-0.2, -0.15) is 4.39 Å².